The Balaban J connectivity index is 1.85. The summed E-state index contributed by atoms with van der Waals surface area (Å²) < 4.78 is 1.25. The molecule has 0 aliphatic heterocycles. The molecule has 1 aliphatic carbocycles. The largest absolute Gasteiger partial charge is 0.508 e. The molecule has 0 bridgehead atoms. The first-order chi connectivity index (χ1) is 9.22. The van der Waals surface area contributed by atoms with Gasteiger partial charge in [-0.1, -0.05) is 6.07 Å². The first-order valence-electron chi connectivity index (χ1n) is 6.56. The van der Waals surface area contributed by atoms with Crippen molar-refractivity contribution in [3.8, 4) is 5.75 Å². The van der Waals surface area contributed by atoms with Crippen LogP contribution in [-0.4, -0.2) is 5.11 Å². The van der Waals surface area contributed by atoms with Crippen LogP contribution in [0.25, 0.3) is 0 Å². The highest BCUT2D eigenvalue weighted by Crippen LogP contribution is 2.34. The molecule has 98 valence electrons. The molecule has 2 aromatic carbocycles. The minimum absolute atomic E-state index is 0.351. The van der Waals surface area contributed by atoms with E-state index in [9.17, 15) is 5.11 Å². The molecule has 19 heavy (non-hydrogen) atoms. The van der Waals surface area contributed by atoms with Gasteiger partial charge in [-0.3, -0.25) is 0 Å². The number of hydrogen-bond donors (Lipinski definition) is 2. The van der Waals surface area contributed by atoms with Crippen molar-refractivity contribution in [2.75, 3.05) is 5.32 Å². The van der Waals surface area contributed by atoms with Gasteiger partial charge < -0.3 is 10.4 Å². The third-order valence-electron chi connectivity index (χ3n) is 3.63. The fourth-order valence-corrected chi connectivity index (χ4v) is 3.06. The van der Waals surface area contributed by atoms with Crippen LogP contribution in [0.4, 0.5) is 5.69 Å². The van der Waals surface area contributed by atoms with Crippen LogP contribution in [0.2, 0.25) is 0 Å². The number of rotatable bonds is 2. The first kappa shape index (κ1) is 12.8. The lowest BCUT2D eigenvalue weighted by atomic mass is 9.87. The van der Waals surface area contributed by atoms with E-state index in [-0.39, 0.29) is 0 Å². The molecule has 0 aromatic heterocycles. The lowest BCUT2D eigenvalue weighted by molar-refractivity contribution is 0.472. The topological polar surface area (TPSA) is 32.3 Å². The number of phenolic OH excluding ortho intramolecular Hbond substituents is 1. The highest BCUT2D eigenvalue weighted by atomic mass is 127. The van der Waals surface area contributed by atoms with Crippen molar-refractivity contribution in [2.45, 2.75) is 25.3 Å². The van der Waals surface area contributed by atoms with Gasteiger partial charge in [-0.15, -0.1) is 0 Å². The van der Waals surface area contributed by atoms with E-state index >= 15 is 0 Å². The van der Waals surface area contributed by atoms with Crippen molar-refractivity contribution in [1.82, 2.24) is 0 Å². The Labute approximate surface area is 127 Å². The molecule has 1 atom stereocenters. The molecular weight excluding hydrogens is 349 g/mol. The second kappa shape index (κ2) is 5.41. The van der Waals surface area contributed by atoms with Crippen LogP contribution < -0.4 is 5.32 Å². The maximum Gasteiger partial charge on any atom is 0.115 e. The van der Waals surface area contributed by atoms with Gasteiger partial charge in [0.2, 0.25) is 0 Å². The van der Waals surface area contributed by atoms with Gasteiger partial charge >= 0.3 is 0 Å². The number of nitrogens with one attached hydrogen (secondary N) is 1. The number of anilines is 1. The molecule has 0 fully saturated rings. The van der Waals surface area contributed by atoms with Crippen molar-refractivity contribution < 1.29 is 5.11 Å². The van der Waals surface area contributed by atoms with E-state index in [1.54, 1.807) is 6.07 Å². The predicted octanol–water partition coefficient (Wildman–Crippen LogP) is 4.49. The van der Waals surface area contributed by atoms with Gasteiger partial charge in [-0.05, 0) is 89.4 Å². The van der Waals surface area contributed by atoms with Gasteiger partial charge in [0.15, 0.2) is 0 Å². The molecule has 1 unspecified atom stereocenters. The summed E-state index contributed by atoms with van der Waals surface area (Å²) in [5, 5.41) is 13.2. The normalized spacial score (nSPS) is 17.8. The molecule has 3 heteroatoms. The molecule has 2 nitrogen and oxygen atoms in total. The molecule has 2 aromatic rings. The standard InChI is InChI=1S/C16H16INO/c17-12-4-6-13(7-5-12)18-16-3-1-2-11-10-14(19)8-9-15(11)16/h4-10,16,18-19H,1-3H2. The molecule has 3 rings (SSSR count). The second-order valence-electron chi connectivity index (χ2n) is 4.98. The van der Waals surface area contributed by atoms with Gasteiger partial charge in [0.25, 0.3) is 0 Å². The minimum atomic E-state index is 0.351. The van der Waals surface area contributed by atoms with E-state index in [0.717, 1.165) is 18.5 Å². The van der Waals surface area contributed by atoms with Gasteiger partial charge in [0.1, 0.15) is 5.75 Å². The molecule has 2 N–H and O–H groups in total. The van der Waals surface area contributed by atoms with Crippen molar-refractivity contribution in [3.63, 3.8) is 0 Å². The number of fused-ring (bicyclic) bond motifs is 1. The Kier molecular flexibility index (Phi) is 3.64. The highest BCUT2D eigenvalue weighted by molar-refractivity contribution is 14.1. The van der Waals surface area contributed by atoms with Crippen LogP contribution in [0, 0.1) is 3.57 Å². The van der Waals surface area contributed by atoms with Crippen molar-refractivity contribution in [1.29, 1.82) is 0 Å². The molecule has 0 saturated carbocycles. The summed E-state index contributed by atoms with van der Waals surface area (Å²) in [5.74, 6) is 0.369. The summed E-state index contributed by atoms with van der Waals surface area (Å²) in [5.41, 5.74) is 3.75. The molecule has 1 aliphatic rings. The first-order valence-corrected chi connectivity index (χ1v) is 7.64. The fourth-order valence-electron chi connectivity index (χ4n) is 2.70. The minimum Gasteiger partial charge on any atom is -0.508 e. The summed E-state index contributed by atoms with van der Waals surface area (Å²) in [6.45, 7) is 0. The number of aryl methyl sites for hydroxylation is 1. The van der Waals surface area contributed by atoms with E-state index in [2.05, 4.69) is 52.2 Å². The van der Waals surface area contributed by atoms with E-state index < -0.39 is 0 Å². The zero-order valence-corrected chi connectivity index (χ0v) is 12.7. The van der Waals surface area contributed by atoms with Crippen LogP contribution in [-0.2, 0) is 6.42 Å². The molecule has 0 radical (unpaired) electrons. The summed E-state index contributed by atoms with van der Waals surface area (Å²) in [7, 11) is 0. The van der Waals surface area contributed by atoms with E-state index in [1.807, 2.05) is 12.1 Å². The van der Waals surface area contributed by atoms with Crippen LogP contribution in [0.1, 0.15) is 30.0 Å². The van der Waals surface area contributed by atoms with E-state index in [0.29, 0.717) is 11.8 Å². The van der Waals surface area contributed by atoms with Crippen molar-refractivity contribution in [3.05, 3.63) is 57.2 Å². The van der Waals surface area contributed by atoms with Gasteiger partial charge in [-0.2, -0.15) is 0 Å². The summed E-state index contributed by atoms with van der Waals surface area (Å²) >= 11 is 2.32. The van der Waals surface area contributed by atoms with Crippen LogP contribution in [0.15, 0.2) is 42.5 Å². The van der Waals surface area contributed by atoms with E-state index in [1.165, 1.54) is 21.1 Å². The molecule has 0 spiro atoms. The van der Waals surface area contributed by atoms with Crippen LogP contribution >= 0.6 is 22.6 Å². The maximum atomic E-state index is 9.57. The SMILES string of the molecule is Oc1ccc2c(c1)CCCC2Nc1ccc(I)cc1. The number of phenols is 1. The Morgan fingerprint density at radius 3 is 2.68 bits per heavy atom. The Hall–Kier alpha value is -1.23. The van der Waals surface area contributed by atoms with E-state index in [4.69, 9.17) is 0 Å². The highest BCUT2D eigenvalue weighted by Gasteiger charge is 2.20. The van der Waals surface area contributed by atoms with Crippen LogP contribution in [0.5, 0.6) is 5.75 Å². The zero-order chi connectivity index (χ0) is 13.2. The fraction of sp³-hybridized carbons (Fsp3) is 0.250. The average molecular weight is 365 g/mol. The van der Waals surface area contributed by atoms with Crippen molar-refractivity contribution >= 4 is 28.3 Å². The Bertz CT molecular complexity index is 580. The molecule has 0 saturated heterocycles. The molecule has 0 heterocycles. The third-order valence-corrected chi connectivity index (χ3v) is 4.35. The Morgan fingerprint density at radius 2 is 1.89 bits per heavy atom. The quantitative estimate of drug-likeness (QED) is 0.769. The second-order valence-corrected chi connectivity index (χ2v) is 6.22. The lowest BCUT2D eigenvalue weighted by Gasteiger charge is -2.27. The zero-order valence-electron chi connectivity index (χ0n) is 10.6. The average Bonchev–Trinajstić information content (AvgIpc) is 2.41. The lowest BCUT2D eigenvalue weighted by Crippen LogP contribution is -2.17. The maximum absolute atomic E-state index is 9.57. The smallest absolute Gasteiger partial charge is 0.115 e. The number of halogens is 1. The molecular formula is C16H16INO. The predicted molar refractivity (Wildman–Crippen MR) is 86.6 cm³/mol. The summed E-state index contributed by atoms with van der Waals surface area (Å²) in [6, 6.07) is 14.6. The number of benzene rings is 2. The summed E-state index contributed by atoms with van der Waals surface area (Å²) in [4.78, 5) is 0. The monoisotopic (exact) mass is 365 g/mol. The number of hydrogen-bond acceptors (Lipinski definition) is 2. The summed E-state index contributed by atoms with van der Waals surface area (Å²) in [6.07, 6.45) is 3.37. The van der Waals surface area contributed by atoms with Gasteiger partial charge in [-0.25, -0.2) is 0 Å². The van der Waals surface area contributed by atoms with Gasteiger partial charge in [0, 0.05) is 9.26 Å². The van der Waals surface area contributed by atoms with Crippen LogP contribution in [0.3, 0.4) is 0 Å². The Morgan fingerprint density at radius 1 is 1.11 bits per heavy atom. The third kappa shape index (κ3) is 2.86. The molecule has 0 amide bonds. The number of aromatic hydroxyl groups is 1. The van der Waals surface area contributed by atoms with Gasteiger partial charge in [0.05, 0.1) is 6.04 Å². The van der Waals surface area contributed by atoms with Crippen molar-refractivity contribution in [2.24, 2.45) is 0 Å².